The van der Waals surface area contributed by atoms with Crippen LogP contribution in [0.25, 0.3) is 11.4 Å². The summed E-state index contributed by atoms with van der Waals surface area (Å²) in [6.07, 6.45) is 2.71. The molecule has 0 saturated carbocycles. The fourth-order valence-corrected chi connectivity index (χ4v) is 1.61. The molecular weight excluding hydrogens is 212 g/mol. The average molecular weight is 224 g/mol. The Morgan fingerprint density at radius 1 is 1.60 bits per heavy atom. The standard InChI is InChI=1S/C8H12N6S/c1-3-6-5(4-13(2)12-6)7-10-11-8(15)14(7)9/h4H,3,9H2,1-2H3,(H,11,15). The van der Waals surface area contributed by atoms with Crippen molar-refractivity contribution in [3.63, 3.8) is 0 Å². The Morgan fingerprint density at radius 3 is 2.87 bits per heavy atom. The molecule has 0 bridgehead atoms. The molecule has 0 aromatic carbocycles. The number of hydrogen-bond acceptors (Lipinski definition) is 4. The smallest absolute Gasteiger partial charge is 0.214 e. The number of nitrogens with one attached hydrogen (secondary N) is 1. The molecule has 2 rings (SSSR count). The van der Waals surface area contributed by atoms with E-state index >= 15 is 0 Å². The highest BCUT2D eigenvalue weighted by Crippen LogP contribution is 2.19. The fraction of sp³-hybridized carbons (Fsp3) is 0.375. The van der Waals surface area contributed by atoms with Crippen LogP contribution >= 0.6 is 12.2 Å². The van der Waals surface area contributed by atoms with Gasteiger partial charge in [-0.15, -0.1) is 0 Å². The number of nitrogens with two attached hydrogens (primary N) is 1. The quantitative estimate of drug-likeness (QED) is 0.579. The van der Waals surface area contributed by atoms with Crippen molar-refractivity contribution >= 4 is 12.2 Å². The van der Waals surface area contributed by atoms with Gasteiger partial charge in [-0.25, -0.2) is 9.77 Å². The first kappa shape index (κ1) is 9.91. The lowest BCUT2D eigenvalue weighted by molar-refractivity contribution is 0.746. The average Bonchev–Trinajstić information content (AvgIpc) is 2.72. The van der Waals surface area contributed by atoms with Gasteiger partial charge in [-0.2, -0.15) is 10.2 Å². The minimum absolute atomic E-state index is 0.399. The molecule has 15 heavy (non-hydrogen) atoms. The van der Waals surface area contributed by atoms with Gasteiger partial charge in [-0.1, -0.05) is 6.92 Å². The van der Waals surface area contributed by atoms with Gasteiger partial charge in [0.05, 0.1) is 11.3 Å². The normalized spacial score (nSPS) is 10.8. The largest absolute Gasteiger partial charge is 0.335 e. The van der Waals surface area contributed by atoms with Crippen molar-refractivity contribution in [2.24, 2.45) is 7.05 Å². The number of nitrogens with zero attached hydrogens (tertiary/aromatic N) is 4. The number of aromatic nitrogens is 5. The second kappa shape index (κ2) is 3.50. The SMILES string of the molecule is CCc1nn(C)cc1-c1n[nH]c(=S)n1N. The van der Waals surface area contributed by atoms with Crippen molar-refractivity contribution in [1.29, 1.82) is 0 Å². The monoisotopic (exact) mass is 224 g/mol. The van der Waals surface area contributed by atoms with Crippen LogP contribution in [0.1, 0.15) is 12.6 Å². The van der Waals surface area contributed by atoms with Crippen LogP contribution in [0.4, 0.5) is 0 Å². The van der Waals surface area contributed by atoms with E-state index < -0.39 is 0 Å². The Kier molecular flexibility index (Phi) is 2.31. The highest BCUT2D eigenvalue weighted by atomic mass is 32.1. The molecule has 0 aliphatic rings. The molecule has 0 amide bonds. The molecule has 0 saturated heterocycles. The highest BCUT2D eigenvalue weighted by Gasteiger charge is 2.13. The third-order valence-electron chi connectivity index (χ3n) is 2.19. The molecule has 2 heterocycles. The van der Waals surface area contributed by atoms with Gasteiger partial charge in [0, 0.05) is 13.2 Å². The molecule has 6 nitrogen and oxygen atoms in total. The van der Waals surface area contributed by atoms with Crippen molar-refractivity contribution in [2.75, 3.05) is 5.84 Å². The van der Waals surface area contributed by atoms with Gasteiger partial charge in [0.2, 0.25) is 4.77 Å². The zero-order chi connectivity index (χ0) is 11.0. The Hall–Kier alpha value is -1.63. The molecule has 0 radical (unpaired) electrons. The van der Waals surface area contributed by atoms with Gasteiger partial charge in [0.15, 0.2) is 5.82 Å². The maximum Gasteiger partial charge on any atom is 0.214 e. The molecule has 80 valence electrons. The summed E-state index contributed by atoms with van der Waals surface area (Å²) < 4.78 is 3.49. The molecule has 2 aromatic rings. The molecule has 0 aliphatic carbocycles. The summed E-state index contributed by atoms with van der Waals surface area (Å²) in [7, 11) is 1.87. The zero-order valence-electron chi connectivity index (χ0n) is 8.56. The molecular formula is C8H12N6S. The third kappa shape index (κ3) is 1.54. The van der Waals surface area contributed by atoms with Gasteiger partial charge < -0.3 is 5.84 Å². The minimum atomic E-state index is 0.399. The Labute approximate surface area is 91.7 Å². The van der Waals surface area contributed by atoms with E-state index in [0.717, 1.165) is 17.7 Å². The van der Waals surface area contributed by atoms with Gasteiger partial charge in [-0.05, 0) is 18.6 Å². The summed E-state index contributed by atoms with van der Waals surface area (Å²) in [5, 5.41) is 11.0. The van der Waals surface area contributed by atoms with Gasteiger partial charge in [0.25, 0.3) is 0 Å². The number of H-pyrrole nitrogens is 1. The minimum Gasteiger partial charge on any atom is -0.335 e. The van der Waals surface area contributed by atoms with E-state index in [1.54, 1.807) is 4.68 Å². The van der Waals surface area contributed by atoms with Crippen LogP contribution in [-0.4, -0.2) is 24.7 Å². The van der Waals surface area contributed by atoms with E-state index in [2.05, 4.69) is 15.3 Å². The molecule has 0 atom stereocenters. The van der Waals surface area contributed by atoms with E-state index in [0.29, 0.717) is 10.6 Å². The van der Waals surface area contributed by atoms with E-state index in [1.807, 2.05) is 20.2 Å². The number of rotatable bonds is 2. The van der Waals surface area contributed by atoms with Crippen molar-refractivity contribution in [3.8, 4) is 11.4 Å². The molecule has 3 N–H and O–H groups in total. The van der Waals surface area contributed by atoms with Gasteiger partial charge in [-0.3, -0.25) is 4.68 Å². The third-order valence-corrected chi connectivity index (χ3v) is 2.47. The highest BCUT2D eigenvalue weighted by molar-refractivity contribution is 7.71. The molecule has 0 fully saturated rings. The molecule has 0 aliphatic heterocycles. The van der Waals surface area contributed by atoms with Crippen molar-refractivity contribution < 1.29 is 0 Å². The maximum absolute atomic E-state index is 5.75. The number of nitrogen functional groups attached to an aromatic ring is 1. The second-order valence-electron chi connectivity index (χ2n) is 3.24. The molecule has 0 spiro atoms. The van der Waals surface area contributed by atoms with Crippen LogP contribution in [0.3, 0.4) is 0 Å². The lowest BCUT2D eigenvalue weighted by Gasteiger charge is -1.98. The first-order valence-corrected chi connectivity index (χ1v) is 4.99. The molecule has 0 unspecified atom stereocenters. The van der Waals surface area contributed by atoms with Crippen LogP contribution in [-0.2, 0) is 13.5 Å². The van der Waals surface area contributed by atoms with Crippen LogP contribution in [0.15, 0.2) is 6.20 Å². The Bertz CT molecular complexity index is 534. The predicted octanol–water partition coefficient (Wildman–Crippen LogP) is 0.617. The molecule has 2 aromatic heterocycles. The van der Waals surface area contributed by atoms with Gasteiger partial charge in [0.1, 0.15) is 0 Å². The lowest BCUT2D eigenvalue weighted by atomic mass is 10.2. The molecule has 7 heteroatoms. The first-order valence-electron chi connectivity index (χ1n) is 4.59. The summed E-state index contributed by atoms with van der Waals surface area (Å²) >= 11 is 4.95. The lowest BCUT2D eigenvalue weighted by Crippen LogP contribution is -2.10. The van der Waals surface area contributed by atoms with Crippen molar-refractivity contribution in [1.82, 2.24) is 24.7 Å². The Morgan fingerprint density at radius 2 is 2.33 bits per heavy atom. The van der Waals surface area contributed by atoms with Crippen LogP contribution < -0.4 is 5.84 Å². The van der Waals surface area contributed by atoms with E-state index in [1.165, 1.54) is 4.68 Å². The summed E-state index contributed by atoms with van der Waals surface area (Å²) in [5.74, 6) is 6.36. The van der Waals surface area contributed by atoms with Crippen LogP contribution in [0.5, 0.6) is 0 Å². The number of aryl methyl sites for hydroxylation is 2. The summed E-state index contributed by atoms with van der Waals surface area (Å²) in [5.41, 5.74) is 1.87. The maximum atomic E-state index is 5.75. The fourth-order valence-electron chi connectivity index (χ4n) is 1.48. The predicted molar refractivity (Wildman–Crippen MR) is 59.1 cm³/mol. The summed E-state index contributed by atoms with van der Waals surface area (Å²) in [6.45, 7) is 2.04. The Balaban J connectivity index is 2.62. The van der Waals surface area contributed by atoms with E-state index in [9.17, 15) is 0 Å². The van der Waals surface area contributed by atoms with Gasteiger partial charge >= 0.3 is 0 Å². The van der Waals surface area contributed by atoms with E-state index in [-0.39, 0.29) is 0 Å². The van der Waals surface area contributed by atoms with Crippen LogP contribution in [0.2, 0.25) is 0 Å². The van der Waals surface area contributed by atoms with E-state index in [4.69, 9.17) is 18.1 Å². The van der Waals surface area contributed by atoms with Crippen molar-refractivity contribution in [3.05, 3.63) is 16.7 Å². The first-order chi connectivity index (χ1) is 7.13. The number of hydrogen-bond donors (Lipinski definition) is 2. The zero-order valence-corrected chi connectivity index (χ0v) is 9.38. The summed E-state index contributed by atoms with van der Waals surface area (Å²) in [4.78, 5) is 0. The second-order valence-corrected chi connectivity index (χ2v) is 3.63. The topological polar surface area (TPSA) is 77.5 Å². The van der Waals surface area contributed by atoms with Crippen molar-refractivity contribution in [2.45, 2.75) is 13.3 Å². The van der Waals surface area contributed by atoms with Crippen LogP contribution in [0, 0.1) is 4.77 Å². The number of aromatic amines is 1. The summed E-state index contributed by atoms with van der Waals surface area (Å²) in [6, 6.07) is 0.